The van der Waals surface area contributed by atoms with Crippen molar-refractivity contribution in [3.8, 4) is 0 Å². The topological polar surface area (TPSA) is 72.8 Å². The van der Waals surface area contributed by atoms with Gasteiger partial charge in [0, 0.05) is 12.3 Å². The minimum Gasteiger partial charge on any atom is -0.465 e. The molecule has 5 nitrogen and oxygen atoms in total. The Morgan fingerprint density at radius 1 is 1.16 bits per heavy atom. The van der Waals surface area contributed by atoms with Crippen molar-refractivity contribution in [2.45, 2.75) is 39.2 Å². The molecular weight excluding hydrogens is 320 g/mol. The van der Waals surface area contributed by atoms with E-state index in [-0.39, 0.29) is 26.1 Å². The van der Waals surface area contributed by atoms with E-state index >= 15 is 0 Å². The first-order valence-electron chi connectivity index (χ1n) is 8.59. The van der Waals surface area contributed by atoms with Crippen molar-refractivity contribution in [1.29, 1.82) is 0 Å². The lowest BCUT2D eigenvalue weighted by Gasteiger charge is -2.31. The van der Waals surface area contributed by atoms with Gasteiger partial charge in [0.1, 0.15) is 0 Å². The second kappa shape index (κ2) is 7.40. The van der Waals surface area contributed by atoms with Gasteiger partial charge in [-0.2, -0.15) is 0 Å². The van der Waals surface area contributed by atoms with Gasteiger partial charge in [0.05, 0.1) is 18.8 Å². The predicted octanol–water partition coefficient (Wildman–Crippen LogP) is 2.97. The Kier molecular flexibility index (Phi) is 5.68. The van der Waals surface area contributed by atoms with Crippen LogP contribution in [0.25, 0.3) is 0 Å². The van der Waals surface area contributed by atoms with E-state index in [0.29, 0.717) is 11.1 Å². The SMILES string of the molecule is C=C(C)[C@H]1CC(C(=O)OCC)(C(=O)OCC)C[C@]1(O)c1ccccc1. The quantitative estimate of drug-likeness (QED) is 0.487. The van der Waals surface area contributed by atoms with Crippen LogP contribution in [0.1, 0.15) is 39.2 Å². The number of hydrogen-bond donors (Lipinski definition) is 1. The van der Waals surface area contributed by atoms with Crippen LogP contribution in [-0.4, -0.2) is 30.3 Å². The molecule has 0 aliphatic heterocycles. The third-order valence-corrected chi connectivity index (χ3v) is 4.90. The van der Waals surface area contributed by atoms with Crippen LogP contribution in [0.2, 0.25) is 0 Å². The normalized spacial score (nSPS) is 24.6. The van der Waals surface area contributed by atoms with Crippen LogP contribution in [-0.2, 0) is 24.7 Å². The summed E-state index contributed by atoms with van der Waals surface area (Å²) < 4.78 is 10.3. The first-order chi connectivity index (χ1) is 11.8. The van der Waals surface area contributed by atoms with Crippen molar-refractivity contribution in [3.63, 3.8) is 0 Å². The smallest absolute Gasteiger partial charge is 0.323 e. The molecule has 1 fully saturated rings. The van der Waals surface area contributed by atoms with Crippen molar-refractivity contribution in [3.05, 3.63) is 48.0 Å². The Labute approximate surface area is 148 Å². The van der Waals surface area contributed by atoms with E-state index in [4.69, 9.17) is 9.47 Å². The van der Waals surface area contributed by atoms with E-state index in [2.05, 4.69) is 6.58 Å². The van der Waals surface area contributed by atoms with Gasteiger partial charge in [0.15, 0.2) is 5.41 Å². The second-order valence-corrected chi connectivity index (χ2v) is 6.59. The third-order valence-electron chi connectivity index (χ3n) is 4.90. The van der Waals surface area contributed by atoms with Gasteiger partial charge in [-0.05, 0) is 32.8 Å². The molecule has 0 saturated heterocycles. The van der Waals surface area contributed by atoms with Gasteiger partial charge in [-0.25, -0.2) is 0 Å². The summed E-state index contributed by atoms with van der Waals surface area (Å²) >= 11 is 0. The minimum atomic E-state index is -1.53. The molecule has 0 radical (unpaired) electrons. The summed E-state index contributed by atoms with van der Waals surface area (Å²) in [6, 6.07) is 9.07. The van der Waals surface area contributed by atoms with Crippen LogP contribution in [0, 0.1) is 11.3 Å². The molecule has 0 bridgehead atoms. The zero-order chi connectivity index (χ0) is 18.7. The molecule has 1 aromatic rings. The lowest BCUT2D eigenvalue weighted by Crippen LogP contribution is -2.41. The molecule has 1 saturated carbocycles. The zero-order valence-electron chi connectivity index (χ0n) is 15.1. The average Bonchev–Trinajstić information content (AvgIpc) is 2.93. The van der Waals surface area contributed by atoms with Gasteiger partial charge in [-0.15, -0.1) is 0 Å². The van der Waals surface area contributed by atoms with E-state index in [1.54, 1.807) is 32.9 Å². The Morgan fingerprint density at radius 3 is 2.12 bits per heavy atom. The number of carbonyl (C=O) groups is 2. The number of ether oxygens (including phenoxy) is 2. The molecule has 1 aliphatic rings. The van der Waals surface area contributed by atoms with Crippen LogP contribution in [0.3, 0.4) is 0 Å². The minimum absolute atomic E-state index is 0.0841. The summed E-state index contributed by atoms with van der Waals surface area (Å²) in [5, 5.41) is 11.5. The molecular formula is C20H26O5. The number of hydrogen-bond acceptors (Lipinski definition) is 5. The van der Waals surface area contributed by atoms with Gasteiger partial charge in [0.25, 0.3) is 0 Å². The van der Waals surface area contributed by atoms with E-state index < -0.39 is 28.9 Å². The van der Waals surface area contributed by atoms with E-state index in [9.17, 15) is 14.7 Å². The molecule has 0 aromatic heterocycles. The number of aliphatic hydroxyl groups is 1. The lowest BCUT2D eigenvalue weighted by molar-refractivity contribution is -0.173. The summed E-state index contributed by atoms with van der Waals surface area (Å²) in [5.41, 5.74) is -1.55. The van der Waals surface area contributed by atoms with Crippen molar-refractivity contribution in [2.75, 3.05) is 13.2 Å². The number of rotatable bonds is 6. The van der Waals surface area contributed by atoms with Gasteiger partial charge in [0.2, 0.25) is 0 Å². The summed E-state index contributed by atoms with van der Waals surface area (Å²) in [6.45, 7) is 9.45. The largest absolute Gasteiger partial charge is 0.465 e. The molecule has 1 aliphatic carbocycles. The Balaban J connectivity index is 2.55. The van der Waals surface area contributed by atoms with Crippen LogP contribution in [0.15, 0.2) is 42.5 Å². The highest BCUT2D eigenvalue weighted by molar-refractivity contribution is 6.00. The molecule has 2 atom stereocenters. The fraction of sp³-hybridized carbons (Fsp3) is 0.500. The molecule has 0 unspecified atom stereocenters. The van der Waals surface area contributed by atoms with Gasteiger partial charge < -0.3 is 14.6 Å². The standard InChI is InChI=1S/C20H26O5/c1-5-24-17(21)19(18(22)25-6-2)12-16(14(3)4)20(23,13-19)15-10-8-7-9-11-15/h7-11,16,23H,3,5-6,12-13H2,1-2,4H3/t16-,20+/m1/s1. The highest BCUT2D eigenvalue weighted by Gasteiger charge is 2.63. The summed E-state index contributed by atoms with van der Waals surface area (Å²) in [5.74, 6) is -1.75. The van der Waals surface area contributed by atoms with Gasteiger partial charge >= 0.3 is 11.9 Å². The average molecular weight is 346 g/mol. The maximum atomic E-state index is 12.7. The van der Waals surface area contributed by atoms with Gasteiger partial charge in [-0.3, -0.25) is 9.59 Å². The van der Waals surface area contributed by atoms with E-state index in [1.165, 1.54) is 0 Å². The van der Waals surface area contributed by atoms with E-state index in [0.717, 1.165) is 0 Å². The van der Waals surface area contributed by atoms with Crippen molar-refractivity contribution in [1.82, 2.24) is 0 Å². The number of carbonyl (C=O) groups excluding carboxylic acids is 2. The third kappa shape index (κ3) is 3.33. The number of benzene rings is 1. The Hall–Kier alpha value is -2.14. The lowest BCUT2D eigenvalue weighted by atomic mass is 9.80. The maximum absolute atomic E-state index is 12.7. The first kappa shape index (κ1) is 19.2. The van der Waals surface area contributed by atoms with Crippen LogP contribution in [0.5, 0.6) is 0 Å². The van der Waals surface area contributed by atoms with Crippen LogP contribution in [0.4, 0.5) is 0 Å². The van der Waals surface area contributed by atoms with Crippen molar-refractivity contribution < 1.29 is 24.2 Å². The van der Waals surface area contributed by atoms with Crippen LogP contribution >= 0.6 is 0 Å². The monoisotopic (exact) mass is 346 g/mol. The summed E-state index contributed by atoms with van der Waals surface area (Å²) in [7, 11) is 0. The fourth-order valence-corrected chi connectivity index (χ4v) is 3.72. The first-order valence-corrected chi connectivity index (χ1v) is 8.59. The van der Waals surface area contributed by atoms with Gasteiger partial charge in [-0.1, -0.05) is 42.5 Å². The van der Waals surface area contributed by atoms with Crippen molar-refractivity contribution >= 4 is 11.9 Å². The second-order valence-electron chi connectivity index (χ2n) is 6.59. The highest BCUT2D eigenvalue weighted by atomic mass is 16.6. The molecule has 136 valence electrons. The Morgan fingerprint density at radius 2 is 1.68 bits per heavy atom. The fourth-order valence-electron chi connectivity index (χ4n) is 3.72. The van der Waals surface area contributed by atoms with E-state index in [1.807, 2.05) is 18.2 Å². The Bertz CT molecular complexity index is 633. The summed E-state index contributed by atoms with van der Waals surface area (Å²) in [6.07, 6.45) is 0.0323. The molecule has 25 heavy (non-hydrogen) atoms. The van der Waals surface area contributed by atoms with Crippen molar-refractivity contribution in [2.24, 2.45) is 11.3 Å². The summed E-state index contributed by atoms with van der Waals surface area (Å²) in [4.78, 5) is 25.4. The zero-order valence-corrected chi connectivity index (χ0v) is 15.1. The number of esters is 2. The predicted molar refractivity (Wildman–Crippen MR) is 93.6 cm³/mol. The molecule has 2 rings (SSSR count). The molecule has 0 heterocycles. The molecule has 1 N–H and O–H groups in total. The molecule has 1 aromatic carbocycles. The highest BCUT2D eigenvalue weighted by Crippen LogP contribution is 2.56. The maximum Gasteiger partial charge on any atom is 0.323 e. The molecule has 5 heteroatoms. The molecule has 0 spiro atoms. The molecule has 0 amide bonds. The van der Waals surface area contributed by atoms with Crippen LogP contribution < -0.4 is 0 Å².